The maximum atomic E-state index is 10.9. The van der Waals surface area contributed by atoms with E-state index in [4.69, 9.17) is 5.73 Å². The third-order valence-corrected chi connectivity index (χ3v) is 2.94. The van der Waals surface area contributed by atoms with E-state index in [1.54, 1.807) is 0 Å². The Morgan fingerprint density at radius 3 is 2.93 bits per heavy atom. The molecule has 1 heterocycles. The molecule has 0 aliphatic carbocycles. The molecular formula is C10H20N2O2. The summed E-state index contributed by atoms with van der Waals surface area (Å²) in [6, 6.07) is 0.138. The van der Waals surface area contributed by atoms with Gasteiger partial charge in [0.05, 0.1) is 7.11 Å². The van der Waals surface area contributed by atoms with Crippen molar-refractivity contribution < 1.29 is 9.53 Å². The molecule has 1 saturated heterocycles. The lowest BCUT2D eigenvalue weighted by molar-refractivity contribution is -0.140. The van der Waals surface area contributed by atoms with Crippen LogP contribution in [0.25, 0.3) is 0 Å². The van der Waals surface area contributed by atoms with Crippen LogP contribution in [0.3, 0.4) is 0 Å². The summed E-state index contributed by atoms with van der Waals surface area (Å²) in [5, 5.41) is 0. The number of esters is 1. The van der Waals surface area contributed by atoms with Gasteiger partial charge in [-0.3, -0.25) is 4.79 Å². The van der Waals surface area contributed by atoms with Crippen LogP contribution in [0.2, 0.25) is 0 Å². The maximum absolute atomic E-state index is 10.9. The molecule has 0 bridgehead atoms. The Kier molecular flexibility index (Phi) is 4.35. The molecule has 2 N–H and O–H groups in total. The van der Waals surface area contributed by atoms with E-state index in [1.807, 2.05) is 0 Å². The predicted molar refractivity (Wildman–Crippen MR) is 54.8 cm³/mol. The lowest BCUT2D eigenvalue weighted by atomic mass is 9.96. The van der Waals surface area contributed by atoms with E-state index < -0.39 is 0 Å². The molecule has 0 amide bonds. The normalized spacial score (nSPS) is 24.9. The van der Waals surface area contributed by atoms with E-state index in [2.05, 4.69) is 16.7 Å². The molecule has 14 heavy (non-hydrogen) atoms. The predicted octanol–water partition coefficient (Wildman–Crippen LogP) is 0.219. The van der Waals surface area contributed by atoms with Crippen molar-refractivity contribution in [3.8, 4) is 0 Å². The molecular weight excluding hydrogens is 180 g/mol. The number of hydrogen-bond acceptors (Lipinski definition) is 4. The highest BCUT2D eigenvalue weighted by molar-refractivity contribution is 5.69. The minimum Gasteiger partial charge on any atom is -0.469 e. The van der Waals surface area contributed by atoms with Gasteiger partial charge in [0.25, 0.3) is 0 Å². The summed E-state index contributed by atoms with van der Waals surface area (Å²) in [5.41, 5.74) is 6.01. The van der Waals surface area contributed by atoms with Gasteiger partial charge < -0.3 is 15.4 Å². The molecule has 4 nitrogen and oxygen atoms in total. The smallest absolute Gasteiger partial charge is 0.305 e. The van der Waals surface area contributed by atoms with Gasteiger partial charge in [-0.1, -0.05) is 0 Å². The van der Waals surface area contributed by atoms with Gasteiger partial charge in [0.2, 0.25) is 0 Å². The van der Waals surface area contributed by atoms with Gasteiger partial charge in [-0.05, 0) is 32.4 Å². The highest BCUT2D eigenvalue weighted by atomic mass is 16.5. The van der Waals surface area contributed by atoms with Crippen LogP contribution in [0.15, 0.2) is 0 Å². The van der Waals surface area contributed by atoms with E-state index in [0.717, 1.165) is 25.9 Å². The number of hydrogen-bond donors (Lipinski definition) is 1. The Morgan fingerprint density at radius 1 is 1.71 bits per heavy atom. The van der Waals surface area contributed by atoms with Crippen molar-refractivity contribution in [1.29, 1.82) is 0 Å². The molecule has 0 saturated carbocycles. The number of ether oxygens (including phenoxy) is 1. The Balaban J connectivity index is 2.21. The van der Waals surface area contributed by atoms with Crippen molar-refractivity contribution in [1.82, 2.24) is 4.90 Å². The van der Waals surface area contributed by atoms with Crippen molar-refractivity contribution in [2.75, 3.05) is 27.2 Å². The summed E-state index contributed by atoms with van der Waals surface area (Å²) in [6.07, 6.45) is 2.34. The highest BCUT2D eigenvalue weighted by Crippen LogP contribution is 2.19. The number of carbonyl (C=O) groups is 1. The SMILES string of the molecule is COC(=O)CCC(N)C1CCN(C)C1. The van der Waals surface area contributed by atoms with Crippen molar-refractivity contribution in [2.24, 2.45) is 11.7 Å². The molecule has 0 radical (unpaired) electrons. The molecule has 0 aromatic carbocycles. The quantitative estimate of drug-likeness (QED) is 0.659. The lowest BCUT2D eigenvalue weighted by Crippen LogP contribution is -2.32. The Morgan fingerprint density at radius 2 is 2.43 bits per heavy atom. The largest absolute Gasteiger partial charge is 0.469 e. The minimum absolute atomic E-state index is 0.138. The van der Waals surface area contributed by atoms with Crippen LogP contribution in [0.5, 0.6) is 0 Å². The molecule has 1 aliphatic rings. The molecule has 82 valence electrons. The number of carbonyl (C=O) groups excluding carboxylic acids is 1. The van der Waals surface area contributed by atoms with Gasteiger partial charge in [0.1, 0.15) is 0 Å². The third-order valence-electron chi connectivity index (χ3n) is 2.94. The van der Waals surface area contributed by atoms with Gasteiger partial charge in [0.15, 0.2) is 0 Å². The zero-order valence-electron chi connectivity index (χ0n) is 9.03. The first-order valence-electron chi connectivity index (χ1n) is 5.14. The summed E-state index contributed by atoms with van der Waals surface area (Å²) >= 11 is 0. The third kappa shape index (κ3) is 3.27. The average Bonchev–Trinajstić information content (AvgIpc) is 2.60. The average molecular weight is 200 g/mol. The standard InChI is InChI=1S/C10H20N2O2/c1-12-6-5-8(7-12)9(11)3-4-10(13)14-2/h8-9H,3-7,11H2,1-2H3. The van der Waals surface area contributed by atoms with Gasteiger partial charge in [-0.25, -0.2) is 0 Å². The summed E-state index contributed by atoms with van der Waals surface area (Å²) in [6.45, 7) is 2.18. The molecule has 1 aliphatic heterocycles. The first-order valence-corrected chi connectivity index (χ1v) is 5.14. The molecule has 0 spiro atoms. The first-order chi connectivity index (χ1) is 6.63. The van der Waals surface area contributed by atoms with Crippen molar-refractivity contribution in [3.05, 3.63) is 0 Å². The maximum Gasteiger partial charge on any atom is 0.305 e. The van der Waals surface area contributed by atoms with E-state index in [1.165, 1.54) is 7.11 Å². The zero-order chi connectivity index (χ0) is 10.6. The van der Waals surface area contributed by atoms with Crippen LogP contribution in [0.1, 0.15) is 19.3 Å². The van der Waals surface area contributed by atoms with Gasteiger partial charge >= 0.3 is 5.97 Å². The summed E-state index contributed by atoms with van der Waals surface area (Å²) in [5.74, 6) is 0.386. The van der Waals surface area contributed by atoms with Crippen LogP contribution in [0, 0.1) is 5.92 Å². The van der Waals surface area contributed by atoms with Crippen LogP contribution >= 0.6 is 0 Å². The van der Waals surface area contributed by atoms with Gasteiger partial charge in [-0.2, -0.15) is 0 Å². The van der Waals surface area contributed by atoms with Crippen LogP contribution < -0.4 is 5.73 Å². The number of rotatable bonds is 4. The first kappa shape index (κ1) is 11.5. The van der Waals surface area contributed by atoms with Crippen LogP contribution in [-0.2, 0) is 9.53 Å². The van der Waals surface area contributed by atoms with Crippen LogP contribution in [0.4, 0.5) is 0 Å². The molecule has 0 aromatic rings. The van der Waals surface area contributed by atoms with E-state index in [-0.39, 0.29) is 12.0 Å². The van der Waals surface area contributed by atoms with E-state index >= 15 is 0 Å². The minimum atomic E-state index is -0.160. The number of likely N-dealkylation sites (tertiary alicyclic amines) is 1. The molecule has 1 rings (SSSR count). The molecule has 1 fully saturated rings. The van der Waals surface area contributed by atoms with Crippen molar-refractivity contribution in [2.45, 2.75) is 25.3 Å². The Bertz CT molecular complexity index is 197. The van der Waals surface area contributed by atoms with Crippen LogP contribution in [-0.4, -0.2) is 44.2 Å². The highest BCUT2D eigenvalue weighted by Gasteiger charge is 2.25. The Labute approximate surface area is 85.4 Å². The second-order valence-electron chi connectivity index (χ2n) is 4.09. The number of nitrogens with two attached hydrogens (primary N) is 1. The molecule has 0 aromatic heterocycles. The number of nitrogens with zero attached hydrogens (tertiary/aromatic N) is 1. The molecule has 2 unspecified atom stereocenters. The van der Waals surface area contributed by atoms with Crippen molar-refractivity contribution in [3.63, 3.8) is 0 Å². The number of methoxy groups -OCH3 is 1. The van der Waals surface area contributed by atoms with Gasteiger partial charge in [-0.15, -0.1) is 0 Å². The summed E-state index contributed by atoms with van der Waals surface area (Å²) in [7, 11) is 3.52. The molecule has 4 heteroatoms. The monoisotopic (exact) mass is 200 g/mol. The van der Waals surface area contributed by atoms with Gasteiger partial charge in [0, 0.05) is 19.0 Å². The zero-order valence-corrected chi connectivity index (χ0v) is 9.03. The van der Waals surface area contributed by atoms with E-state index in [0.29, 0.717) is 12.3 Å². The lowest BCUT2D eigenvalue weighted by Gasteiger charge is -2.18. The molecule has 2 atom stereocenters. The fourth-order valence-corrected chi connectivity index (χ4v) is 1.94. The summed E-state index contributed by atoms with van der Waals surface area (Å²) in [4.78, 5) is 13.2. The second-order valence-corrected chi connectivity index (χ2v) is 4.09. The van der Waals surface area contributed by atoms with Crippen molar-refractivity contribution >= 4 is 5.97 Å². The fourth-order valence-electron chi connectivity index (χ4n) is 1.94. The Hall–Kier alpha value is -0.610. The summed E-state index contributed by atoms with van der Waals surface area (Å²) < 4.78 is 4.58. The topological polar surface area (TPSA) is 55.6 Å². The van der Waals surface area contributed by atoms with E-state index in [9.17, 15) is 4.79 Å². The fraction of sp³-hybridized carbons (Fsp3) is 0.900. The second kappa shape index (κ2) is 5.32.